The van der Waals surface area contributed by atoms with Crippen molar-refractivity contribution < 1.29 is 0 Å². The van der Waals surface area contributed by atoms with Crippen LogP contribution in [-0.4, -0.2) is 12.0 Å². The molecule has 0 amide bonds. The quantitative estimate of drug-likeness (QED) is 0.569. The number of thioether (sulfide) groups is 1. The smallest absolute Gasteiger partial charge is 0.00651 e. The summed E-state index contributed by atoms with van der Waals surface area (Å²) in [5, 5.41) is 0. The molecule has 0 aromatic carbocycles. The number of hydrogen-bond donors (Lipinski definition) is 0. The summed E-state index contributed by atoms with van der Waals surface area (Å²) in [7, 11) is 0. The average molecular weight is 172 g/mol. The molecule has 0 N–H and O–H groups in total. The fraction of sp³-hybridized carbons (Fsp3) is 0.800. The first-order chi connectivity index (χ1) is 4.98. The van der Waals surface area contributed by atoms with Crippen LogP contribution in [0, 0.1) is 5.41 Å². The van der Waals surface area contributed by atoms with Crippen LogP contribution in [0.1, 0.15) is 33.6 Å². The zero-order chi connectivity index (χ0) is 8.91. The van der Waals surface area contributed by atoms with Crippen molar-refractivity contribution in [3.63, 3.8) is 0 Å². The van der Waals surface area contributed by atoms with E-state index >= 15 is 0 Å². The standard InChI is InChI=1S/C10H20S/c1-9(2)8-10(3,4)6-7-11-5/h1,6-8H2,2-5H3. The van der Waals surface area contributed by atoms with Gasteiger partial charge in [-0.2, -0.15) is 11.8 Å². The van der Waals surface area contributed by atoms with Crippen molar-refractivity contribution in [3.05, 3.63) is 12.2 Å². The minimum atomic E-state index is 0.453. The molecule has 0 heterocycles. The third kappa shape index (κ3) is 6.49. The lowest BCUT2D eigenvalue weighted by Gasteiger charge is -2.24. The van der Waals surface area contributed by atoms with Gasteiger partial charge in [-0.05, 0) is 37.2 Å². The molecule has 0 bridgehead atoms. The summed E-state index contributed by atoms with van der Waals surface area (Å²) in [5.41, 5.74) is 1.76. The first-order valence-corrected chi connectivity index (χ1v) is 5.50. The van der Waals surface area contributed by atoms with Gasteiger partial charge in [0.15, 0.2) is 0 Å². The Kier molecular flexibility index (Phi) is 4.91. The molecule has 66 valence electrons. The van der Waals surface area contributed by atoms with E-state index in [9.17, 15) is 0 Å². The highest BCUT2D eigenvalue weighted by molar-refractivity contribution is 7.98. The highest BCUT2D eigenvalue weighted by Crippen LogP contribution is 2.29. The first-order valence-electron chi connectivity index (χ1n) is 4.11. The molecule has 0 aliphatic rings. The van der Waals surface area contributed by atoms with Crippen molar-refractivity contribution in [1.82, 2.24) is 0 Å². The predicted octanol–water partition coefficient (Wildman–Crippen LogP) is 3.73. The molecule has 0 saturated carbocycles. The lowest BCUT2D eigenvalue weighted by Crippen LogP contribution is -2.12. The maximum Gasteiger partial charge on any atom is -0.00651 e. The van der Waals surface area contributed by atoms with E-state index in [-0.39, 0.29) is 0 Å². The molecular weight excluding hydrogens is 152 g/mol. The van der Waals surface area contributed by atoms with Crippen LogP contribution in [0.5, 0.6) is 0 Å². The Hall–Kier alpha value is 0.0900. The Labute approximate surface area is 75.5 Å². The maximum absolute atomic E-state index is 3.94. The van der Waals surface area contributed by atoms with Gasteiger partial charge in [0.2, 0.25) is 0 Å². The van der Waals surface area contributed by atoms with Crippen LogP contribution >= 0.6 is 11.8 Å². The lowest BCUT2D eigenvalue weighted by atomic mass is 9.84. The molecule has 0 aromatic heterocycles. The summed E-state index contributed by atoms with van der Waals surface area (Å²) in [6, 6.07) is 0. The van der Waals surface area contributed by atoms with Crippen molar-refractivity contribution in [2.45, 2.75) is 33.6 Å². The van der Waals surface area contributed by atoms with Crippen molar-refractivity contribution in [1.29, 1.82) is 0 Å². The van der Waals surface area contributed by atoms with E-state index in [4.69, 9.17) is 0 Å². The van der Waals surface area contributed by atoms with Gasteiger partial charge in [0.05, 0.1) is 0 Å². The molecule has 0 atom stereocenters. The normalized spacial score (nSPS) is 11.6. The molecule has 0 nitrogen and oxygen atoms in total. The minimum absolute atomic E-state index is 0.453. The van der Waals surface area contributed by atoms with E-state index in [0.29, 0.717) is 5.41 Å². The second kappa shape index (κ2) is 4.87. The van der Waals surface area contributed by atoms with Crippen LogP contribution < -0.4 is 0 Å². The van der Waals surface area contributed by atoms with E-state index in [0.717, 1.165) is 6.42 Å². The van der Waals surface area contributed by atoms with E-state index in [2.05, 4.69) is 33.6 Å². The zero-order valence-corrected chi connectivity index (χ0v) is 9.05. The zero-order valence-electron chi connectivity index (χ0n) is 8.24. The SMILES string of the molecule is C=C(C)CC(C)(C)CCSC. The fourth-order valence-electron chi connectivity index (χ4n) is 1.28. The number of allylic oxidation sites excluding steroid dienone is 1. The average Bonchev–Trinajstić information content (AvgIpc) is 1.81. The van der Waals surface area contributed by atoms with Crippen molar-refractivity contribution >= 4 is 11.8 Å². The molecule has 0 radical (unpaired) electrons. The van der Waals surface area contributed by atoms with Gasteiger partial charge in [-0.1, -0.05) is 19.4 Å². The van der Waals surface area contributed by atoms with E-state index < -0.39 is 0 Å². The van der Waals surface area contributed by atoms with Gasteiger partial charge in [0, 0.05) is 0 Å². The molecule has 0 spiro atoms. The predicted molar refractivity (Wildman–Crippen MR) is 56.2 cm³/mol. The van der Waals surface area contributed by atoms with Gasteiger partial charge in [-0.3, -0.25) is 0 Å². The van der Waals surface area contributed by atoms with E-state index in [1.807, 2.05) is 11.8 Å². The molecule has 0 aliphatic heterocycles. The van der Waals surface area contributed by atoms with Crippen LogP contribution in [0.2, 0.25) is 0 Å². The highest BCUT2D eigenvalue weighted by Gasteiger charge is 2.16. The van der Waals surface area contributed by atoms with Crippen molar-refractivity contribution in [2.75, 3.05) is 12.0 Å². The fourth-order valence-corrected chi connectivity index (χ4v) is 2.04. The van der Waals surface area contributed by atoms with Crippen molar-refractivity contribution in [3.8, 4) is 0 Å². The largest absolute Gasteiger partial charge is 0.165 e. The third-order valence-corrected chi connectivity index (χ3v) is 2.38. The number of hydrogen-bond acceptors (Lipinski definition) is 1. The Morgan fingerprint density at radius 2 is 2.00 bits per heavy atom. The Morgan fingerprint density at radius 3 is 2.36 bits per heavy atom. The maximum atomic E-state index is 3.94. The van der Waals surface area contributed by atoms with Gasteiger partial charge < -0.3 is 0 Å². The van der Waals surface area contributed by atoms with E-state index in [1.165, 1.54) is 17.7 Å². The lowest BCUT2D eigenvalue weighted by molar-refractivity contribution is 0.352. The second-order valence-corrected chi connectivity index (χ2v) is 5.03. The van der Waals surface area contributed by atoms with E-state index in [1.54, 1.807) is 0 Å². The minimum Gasteiger partial charge on any atom is -0.165 e. The van der Waals surface area contributed by atoms with Crippen LogP contribution in [0.15, 0.2) is 12.2 Å². The third-order valence-electron chi connectivity index (χ3n) is 1.76. The first kappa shape index (κ1) is 11.1. The summed E-state index contributed by atoms with van der Waals surface area (Å²) in [5.74, 6) is 1.26. The second-order valence-electron chi connectivity index (χ2n) is 4.04. The Bertz CT molecular complexity index is 125. The molecule has 0 aliphatic carbocycles. The van der Waals surface area contributed by atoms with Crippen LogP contribution in [0.4, 0.5) is 0 Å². The molecule has 0 unspecified atom stereocenters. The van der Waals surface area contributed by atoms with Crippen LogP contribution in [0.25, 0.3) is 0 Å². The van der Waals surface area contributed by atoms with Gasteiger partial charge >= 0.3 is 0 Å². The number of rotatable bonds is 5. The Morgan fingerprint density at radius 1 is 1.45 bits per heavy atom. The molecule has 1 heteroatoms. The summed E-state index contributed by atoms with van der Waals surface area (Å²) in [6.45, 7) is 10.7. The topological polar surface area (TPSA) is 0 Å². The molecular formula is C10H20S. The molecule has 0 aromatic rings. The summed E-state index contributed by atoms with van der Waals surface area (Å²) in [4.78, 5) is 0. The molecule has 11 heavy (non-hydrogen) atoms. The molecule has 0 saturated heterocycles. The van der Waals surface area contributed by atoms with Gasteiger partial charge in [0.1, 0.15) is 0 Å². The van der Waals surface area contributed by atoms with Crippen LogP contribution in [-0.2, 0) is 0 Å². The van der Waals surface area contributed by atoms with Crippen LogP contribution in [0.3, 0.4) is 0 Å². The van der Waals surface area contributed by atoms with Gasteiger partial charge in [-0.25, -0.2) is 0 Å². The van der Waals surface area contributed by atoms with Gasteiger partial charge in [0.25, 0.3) is 0 Å². The highest BCUT2D eigenvalue weighted by atomic mass is 32.2. The summed E-state index contributed by atoms with van der Waals surface area (Å²) < 4.78 is 0. The van der Waals surface area contributed by atoms with Crippen molar-refractivity contribution in [2.24, 2.45) is 5.41 Å². The van der Waals surface area contributed by atoms with Gasteiger partial charge in [-0.15, -0.1) is 6.58 Å². The molecule has 0 rings (SSSR count). The summed E-state index contributed by atoms with van der Waals surface area (Å²) in [6.07, 6.45) is 4.62. The summed E-state index contributed by atoms with van der Waals surface area (Å²) >= 11 is 1.93. The molecule has 0 fully saturated rings. The monoisotopic (exact) mass is 172 g/mol. The Balaban J connectivity index is 3.70.